The van der Waals surface area contributed by atoms with Gasteiger partial charge in [0, 0.05) is 18.1 Å². The fourth-order valence-electron chi connectivity index (χ4n) is 3.80. The number of fused-ring (bicyclic) bond motifs is 1. The van der Waals surface area contributed by atoms with Crippen LogP contribution in [0.4, 0.5) is 4.39 Å². The third-order valence-corrected chi connectivity index (χ3v) is 5.13. The van der Waals surface area contributed by atoms with Gasteiger partial charge in [0.15, 0.2) is 5.78 Å². The van der Waals surface area contributed by atoms with Crippen LogP contribution in [0.5, 0.6) is 0 Å². The number of benzene rings is 1. The molecule has 1 aromatic carbocycles. The second-order valence-corrected chi connectivity index (χ2v) is 6.18. The SMILES string of the molecule is CCc1cc2c(cc1F)CC1(CCC(OC)CC1)C2=O. The van der Waals surface area contributed by atoms with Crippen molar-refractivity contribution in [3.63, 3.8) is 0 Å². The molecule has 3 rings (SSSR count). The Balaban J connectivity index is 1.91. The highest BCUT2D eigenvalue weighted by molar-refractivity contribution is 6.05. The van der Waals surface area contributed by atoms with Crippen molar-refractivity contribution >= 4 is 5.78 Å². The normalized spacial score (nSPS) is 28.9. The van der Waals surface area contributed by atoms with E-state index in [2.05, 4.69) is 0 Å². The van der Waals surface area contributed by atoms with E-state index >= 15 is 0 Å². The Morgan fingerprint density at radius 2 is 2.05 bits per heavy atom. The van der Waals surface area contributed by atoms with Gasteiger partial charge in [-0.15, -0.1) is 0 Å². The second kappa shape index (κ2) is 4.96. The van der Waals surface area contributed by atoms with E-state index in [1.165, 1.54) is 0 Å². The third-order valence-electron chi connectivity index (χ3n) is 5.13. The maximum Gasteiger partial charge on any atom is 0.169 e. The van der Waals surface area contributed by atoms with Crippen LogP contribution in [0.1, 0.15) is 54.1 Å². The molecule has 0 N–H and O–H groups in total. The number of carbonyl (C=O) groups is 1. The Bertz CT molecular complexity index is 542. The van der Waals surface area contributed by atoms with Gasteiger partial charge < -0.3 is 4.74 Å². The van der Waals surface area contributed by atoms with Gasteiger partial charge in [0.2, 0.25) is 0 Å². The molecule has 1 saturated carbocycles. The molecule has 20 heavy (non-hydrogen) atoms. The highest BCUT2D eigenvalue weighted by atomic mass is 19.1. The molecule has 0 radical (unpaired) electrons. The highest BCUT2D eigenvalue weighted by Crippen LogP contribution is 2.48. The van der Waals surface area contributed by atoms with Crippen molar-refractivity contribution in [2.45, 2.75) is 51.6 Å². The van der Waals surface area contributed by atoms with E-state index in [9.17, 15) is 9.18 Å². The summed E-state index contributed by atoms with van der Waals surface area (Å²) in [6.45, 7) is 1.92. The molecule has 0 heterocycles. The van der Waals surface area contributed by atoms with Crippen LogP contribution in [0.25, 0.3) is 0 Å². The number of Topliss-reactive ketones (excluding diaryl/α,β-unsaturated/α-hetero) is 1. The molecule has 0 saturated heterocycles. The first-order valence-corrected chi connectivity index (χ1v) is 7.48. The van der Waals surface area contributed by atoms with E-state index in [-0.39, 0.29) is 23.1 Å². The Kier molecular flexibility index (Phi) is 3.41. The van der Waals surface area contributed by atoms with E-state index in [1.807, 2.05) is 6.92 Å². The van der Waals surface area contributed by atoms with Crippen molar-refractivity contribution in [2.75, 3.05) is 7.11 Å². The lowest BCUT2D eigenvalue weighted by molar-refractivity contribution is 0.0285. The van der Waals surface area contributed by atoms with Gasteiger partial charge in [0.25, 0.3) is 0 Å². The minimum absolute atomic E-state index is 0.165. The fourth-order valence-corrected chi connectivity index (χ4v) is 3.80. The van der Waals surface area contributed by atoms with Crippen molar-refractivity contribution in [2.24, 2.45) is 5.41 Å². The highest BCUT2D eigenvalue weighted by Gasteiger charge is 2.47. The summed E-state index contributed by atoms with van der Waals surface area (Å²) in [4.78, 5) is 12.8. The molecule has 0 aliphatic heterocycles. The van der Waals surface area contributed by atoms with Crippen LogP contribution in [0.2, 0.25) is 0 Å². The van der Waals surface area contributed by atoms with Crippen molar-refractivity contribution in [1.82, 2.24) is 0 Å². The molecule has 0 amide bonds. The lowest BCUT2D eigenvalue weighted by atomic mass is 9.70. The zero-order valence-corrected chi connectivity index (χ0v) is 12.2. The number of hydrogen-bond acceptors (Lipinski definition) is 2. The van der Waals surface area contributed by atoms with Gasteiger partial charge in [-0.3, -0.25) is 4.79 Å². The number of methoxy groups -OCH3 is 1. The Labute approximate surface area is 119 Å². The second-order valence-electron chi connectivity index (χ2n) is 6.18. The third kappa shape index (κ3) is 1.99. The van der Waals surface area contributed by atoms with Gasteiger partial charge in [-0.25, -0.2) is 4.39 Å². The van der Waals surface area contributed by atoms with Gasteiger partial charge in [-0.2, -0.15) is 0 Å². The first-order valence-electron chi connectivity index (χ1n) is 7.48. The molecular weight excluding hydrogens is 255 g/mol. The van der Waals surface area contributed by atoms with Gasteiger partial charge in [-0.1, -0.05) is 6.92 Å². The quantitative estimate of drug-likeness (QED) is 0.823. The molecule has 3 heteroatoms. The van der Waals surface area contributed by atoms with E-state index in [0.717, 1.165) is 36.8 Å². The standard InChI is InChI=1S/C17H21FO2/c1-3-11-8-14-12(9-15(11)18)10-17(16(14)19)6-4-13(20-2)5-7-17/h8-9,13H,3-7,10H2,1-2H3. The summed E-state index contributed by atoms with van der Waals surface area (Å²) in [6.07, 6.45) is 5.20. The summed E-state index contributed by atoms with van der Waals surface area (Å²) in [6, 6.07) is 3.37. The zero-order valence-electron chi connectivity index (χ0n) is 12.2. The Morgan fingerprint density at radius 1 is 1.35 bits per heavy atom. The molecule has 0 unspecified atom stereocenters. The lowest BCUT2D eigenvalue weighted by Crippen LogP contribution is -2.35. The smallest absolute Gasteiger partial charge is 0.169 e. The van der Waals surface area contributed by atoms with Gasteiger partial charge in [0.1, 0.15) is 5.82 Å². The minimum Gasteiger partial charge on any atom is -0.381 e. The van der Waals surface area contributed by atoms with Crippen LogP contribution < -0.4 is 0 Å². The summed E-state index contributed by atoms with van der Waals surface area (Å²) in [5.41, 5.74) is 2.04. The molecule has 0 bridgehead atoms. The largest absolute Gasteiger partial charge is 0.381 e. The lowest BCUT2D eigenvalue weighted by Gasteiger charge is -2.35. The number of halogens is 1. The molecule has 2 aliphatic rings. The number of ether oxygens (including phenoxy) is 1. The summed E-state index contributed by atoms with van der Waals surface area (Å²) in [5.74, 6) is 0.0680. The number of rotatable bonds is 2. The topological polar surface area (TPSA) is 26.3 Å². The number of ketones is 1. The molecule has 0 atom stereocenters. The molecule has 2 nitrogen and oxygen atoms in total. The van der Waals surface area contributed by atoms with Crippen LogP contribution in [0, 0.1) is 11.2 Å². The van der Waals surface area contributed by atoms with Crippen molar-refractivity contribution in [3.05, 3.63) is 34.6 Å². The minimum atomic E-state index is -0.282. The van der Waals surface area contributed by atoms with E-state index in [1.54, 1.807) is 19.2 Å². The molecule has 0 aromatic heterocycles. The predicted molar refractivity (Wildman–Crippen MR) is 75.5 cm³/mol. The van der Waals surface area contributed by atoms with Crippen LogP contribution in [0.3, 0.4) is 0 Å². The van der Waals surface area contributed by atoms with E-state index < -0.39 is 0 Å². The molecular formula is C17H21FO2. The predicted octanol–water partition coefficient (Wildman–Crippen LogP) is 3.70. The monoisotopic (exact) mass is 276 g/mol. The first-order chi connectivity index (χ1) is 9.59. The Hall–Kier alpha value is -1.22. The maximum atomic E-state index is 13.9. The van der Waals surface area contributed by atoms with Crippen LogP contribution in [-0.4, -0.2) is 19.0 Å². The summed E-state index contributed by atoms with van der Waals surface area (Å²) in [5, 5.41) is 0. The van der Waals surface area contributed by atoms with Crippen molar-refractivity contribution in [3.8, 4) is 0 Å². The van der Waals surface area contributed by atoms with Crippen LogP contribution >= 0.6 is 0 Å². The fraction of sp³-hybridized carbons (Fsp3) is 0.588. The maximum absolute atomic E-state index is 13.9. The van der Waals surface area contributed by atoms with Crippen LogP contribution in [-0.2, 0) is 17.6 Å². The molecule has 1 spiro atoms. The van der Waals surface area contributed by atoms with Crippen molar-refractivity contribution < 1.29 is 13.9 Å². The van der Waals surface area contributed by atoms with Crippen LogP contribution in [0.15, 0.2) is 12.1 Å². The van der Waals surface area contributed by atoms with Gasteiger partial charge in [0.05, 0.1) is 6.10 Å². The molecule has 2 aliphatic carbocycles. The first kappa shape index (κ1) is 13.7. The van der Waals surface area contributed by atoms with E-state index in [4.69, 9.17) is 4.74 Å². The summed E-state index contributed by atoms with van der Waals surface area (Å²) >= 11 is 0. The molecule has 1 aromatic rings. The molecule has 1 fully saturated rings. The van der Waals surface area contributed by atoms with E-state index in [0.29, 0.717) is 18.4 Å². The average Bonchev–Trinajstić information content (AvgIpc) is 2.71. The average molecular weight is 276 g/mol. The number of aryl methyl sites for hydroxylation is 1. The number of carbonyl (C=O) groups excluding carboxylic acids is 1. The Morgan fingerprint density at radius 3 is 2.65 bits per heavy atom. The molecule has 108 valence electrons. The number of hydrogen-bond donors (Lipinski definition) is 0. The summed E-state index contributed by atoms with van der Waals surface area (Å²) < 4.78 is 19.3. The van der Waals surface area contributed by atoms with Gasteiger partial charge >= 0.3 is 0 Å². The van der Waals surface area contributed by atoms with Gasteiger partial charge in [-0.05, 0) is 61.8 Å². The summed E-state index contributed by atoms with van der Waals surface area (Å²) in [7, 11) is 1.73. The zero-order chi connectivity index (χ0) is 14.3. The van der Waals surface area contributed by atoms with Crippen molar-refractivity contribution in [1.29, 1.82) is 0 Å².